The highest BCUT2D eigenvalue weighted by Gasteiger charge is 2.18. The fourth-order valence-electron chi connectivity index (χ4n) is 4.27. The Bertz CT molecular complexity index is 1390. The van der Waals surface area contributed by atoms with E-state index >= 15 is 0 Å². The third-order valence-electron chi connectivity index (χ3n) is 6.08. The van der Waals surface area contributed by atoms with E-state index in [1.807, 2.05) is 37.4 Å². The van der Waals surface area contributed by atoms with Crippen LogP contribution in [0.25, 0.3) is 22.4 Å². The lowest BCUT2D eigenvalue weighted by molar-refractivity contribution is 0.250. The van der Waals surface area contributed by atoms with Gasteiger partial charge in [0, 0.05) is 39.3 Å². The third-order valence-corrected chi connectivity index (χ3v) is 6.08. The highest BCUT2D eigenvalue weighted by molar-refractivity contribution is 5.78. The molecule has 1 aliphatic rings. The van der Waals surface area contributed by atoms with Crippen LogP contribution in [0.15, 0.2) is 46.1 Å². The molecule has 1 aliphatic heterocycles. The summed E-state index contributed by atoms with van der Waals surface area (Å²) in [7, 11) is 0. The van der Waals surface area contributed by atoms with Crippen molar-refractivity contribution in [3.8, 4) is 11.5 Å². The Hall–Kier alpha value is -3.79. The molecule has 4 heterocycles. The van der Waals surface area contributed by atoms with Gasteiger partial charge in [-0.15, -0.1) is 0 Å². The standard InChI is InChI=1S/C23H26N8O2/c1-3-31-22(32)18-6-4-16(12-20(18)26-23(31)33)14-29-8-10-30(11-9-29)17-5-7-19(24-13-17)21-25-15(2)27-28-21/h4-7,12-13H,3,8-11,14H2,1-2H3,(H,26,33)(H,25,27,28). The van der Waals surface area contributed by atoms with Gasteiger partial charge in [-0.05, 0) is 43.7 Å². The fourth-order valence-corrected chi connectivity index (χ4v) is 4.27. The first kappa shape index (κ1) is 21.1. The highest BCUT2D eigenvalue weighted by Crippen LogP contribution is 2.20. The second-order valence-corrected chi connectivity index (χ2v) is 8.27. The number of benzene rings is 1. The van der Waals surface area contributed by atoms with Gasteiger partial charge in [-0.3, -0.25) is 24.3 Å². The highest BCUT2D eigenvalue weighted by atomic mass is 16.2. The Morgan fingerprint density at radius 3 is 2.55 bits per heavy atom. The molecule has 0 spiro atoms. The van der Waals surface area contributed by atoms with Crippen LogP contribution in [0.4, 0.5) is 5.69 Å². The second kappa shape index (κ2) is 8.62. The summed E-state index contributed by atoms with van der Waals surface area (Å²) < 4.78 is 1.22. The molecule has 0 amide bonds. The summed E-state index contributed by atoms with van der Waals surface area (Å²) in [5, 5.41) is 7.54. The van der Waals surface area contributed by atoms with Crippen molar-refractivity contribution in [1.29, 1.82) is 0 Å². The molecule has 2 N–H and O–H groups in total. The average Bonchev–Trinajstić information content (AvgIpc) is 3.26. The van der Waals surface area contributed by atoms with E-state index in [-0.39, 0.29) is 11.2 Å². The van der Waals surface area contributed by atoms with Crippen LogP contribution in [0.5, 0.6) is 0 Å². The van der Waals surface area contributed by atoms with Crippen LogP contribution < -0.4 is 16.1 Å². The largest absolute Gasteiger partial charge is 0.368 e. The Labute approximate surface area is 189 Å². The number of nitrogens with one attached hydrogen (secondary N) is 2. The molecule has 170 valence electrons. The summed E-state index contributed by atoms with van der Waals surface area (Å²) in [5.74, 6) is 1.37. The zero-order valence-corrected chi connectivity index (χ0v) is 18.7. The van der Waals surface area contributed by atoms with Crippen LogP contribution in [0.3, 0.4) is 0 Å². The number of hydrogen-bond acceptors (Lipinski definition) is 7. The number of fused-ring (bicyclic) bond motifs is 1. The molecule has 1 fully saturated rings. The zero-order chi connectivity index (χ0) is 22.9. The van der Waals surface area contributed by atoms with Crippen molar-refractivity contribution in [1.82, 2.24) is 34.6 Å². The second-order valence-electron chi connectivity index (χ2n) is 8.27. The quantitative estimate of drug-likeness (QED) is 0.477. The maximum atomic E-state index is 12.5. The van der Waals surface area contributed by atoms with Crippen LogP contribution in [-0.4, -0.2) is 60.8 Å². The van der Waals surface area contributed by atoms with E-state index in [0.717, 1.165) is 55.5 Å². The molecule has 0 unspecified atom stereocenters. The fraction of sp³-hybridized carbons (Fsp3) is 0.348. The molecule has 3 aromatic heterocycles. The summed E-state index contributed by atoms with van der Waals surface area (Å²) in [6, 6.07) is 9.72. The lowest BCUT2D eigenvalue weighted by Crippen LogP contribution is -2.46. The van der Waals surface area contributed by atoms with Gasteiger partial charge in [0.2, 0.25) is 0 Å². The minimum absolute atomic E-state index is 0.241. The number of anilines is 1. The Kier molecular flexibility index (Phi) is 5.51. The smallest absolute Gasteiger partial charge is 0.328 e. The lowest BCUT2D eigenvalue weighted by atomic mass is 10.1. The van der Waals surface area contributed by atoms with Crippen molar-refractivity contribution >= 4 is 16.6 Å². The molecular weight excluding hydrogens is 420 g/mol. The van der Waals surface area contributed by atoms with Crippen LogP contribution in [0.2, 0.25) is 0 Å². The maximum Gasteiger partial charge on any atom is 0.328 e. The van der Waals surface area contributed by atoms with Crippen LogP contribution >= 0.6 is 0 Å². The average molecular weight is 447 g/mol. The molecular formula is C23H26N8O2. The van der Waals surface area contributed by atoms with Gasteiger partial charge in [-0.2, -0.15) is 5.10 Å². The Morgan fingerprint density at radius 2 is 1.88 bits per heavy atom. The van der Waals surface area contributed by atoms with Gasteiger partial charge < -0.3 is 9.88 Å². The molecule has 4 aromatic rings. The number of aryl methyl sites for hydroxylation is 1. The number of rotatable bonds is 5. The van der Waals surface area contributed by atoms with Crippen molar-refractivity contribution in [2.75, 3.05) is 31.1 Å². The van der Waals surface area contributed by atoms with E-state index < -0.39 is 0 Å². The first-order valence-electron chi connectivity index (χ1n) is 11.1. The SMILES string of the molecule is CCn1c(=O)[nH]c2cc(CN3CCN(c4ccc(-c5n[nH]c(C)n5)nc4)CC3)ccc2c1=O. The van der Waals surface area contributed by atoms with Gasteiger partial charge in [0.1, 0.15) is 11.5 Å². The van der Waals surface area contributed by atoms with E-state index in [1.54, 1.807) is 6.92 Å². The summed E-state index contributed by atoms with van der Waals surface area (Å²) in [6.45, 7) is 8.39. The first-order chi connectivity index (χ1) is 16.0. The van der Waals surface area contributed by atoms with Gasteiger partial charge in [-0.25, -0.2) is 9.78 Å². The van der Waals surface area contributed by atoms with Crippen LogP contribution in [0.1, 0.15) is 18.3 Å². The number of aromatic nitrogens is 6. The summed E-state index contributed by atoms with van der Waals surface area (Å²) in [4.78, 5) is 41.0. The maximum absolute atomic E-state index is 12.5. The predicted octanol–water partition coefficient (Wildman–Crippen LogP) is 1.52. The number of pyridine rings is 1. The molecule has 0 bridgehead atoms. The summed E-state index contributed by atoms with van der Waals surface area (Å²) >= 11 is 0. The lowest BCUT2D eigenvalue weighted by Gasteiger charge is -2.36. The Morgan fingerprint density at radius 1 is 1.06 bits per heavy atom. The van der Waals surface area contributed by atoms with Gasteiger partial charge in [-0.1, -0.05) is 6.07 Å². The predicted molar refractivity (Wildman–Crippen MR) is 126 cm³/mol. The number of H-pyrrole nitrogens is 2. The number of hydrogen-bond donors (Lipinski definition) is 2. The van der Waals surface area contributed by atoms with Crippen LogP contribution in [0, 0.1) is 6.92 Å². The number of aromatic amines is 2. The van der Waals surface area contributed by atoms with Crippen molar-refractivity contribution in [3.05, 3.63) is 68.8 Å². The van der Waals surface area contributed by atoms with Crippen LogP contribution in [-0.2, 0) is 13.1 Å². The molecule has 0 saturated carbocycles. The molecule has 0 aliphatic carbocycles. The zero-order valence-electron chi connectivity index (χ0n) is 18.7. The monoisotopic (exact) mass is 446 g/mol. The van der Waals surface area contributed by atoms with E-state index in [2.05, 4.69) is 41.0 Å². The van der Waals surface area contributed by atoms with Crippen molar-refractivity contribution in [2.24, 2.45) is 0 Å². The van der Waals surface area contributed by atoms with Crippen molar-refractivity contribution in [2.45, 2.75) is 26.9 Å². The van der Waals surface area contributed by atoms with E-state index in [9.17, 15) is 9.59 Å². The molecule has 33 heavy (non-hydrogen) atoms. The first-order valence-corrected chi connectivity index (χ1v) is 11.1. The Balaban J connectivity index is 1.24. The molecule has 5 rings (SSSR count). The van der Waals surface area contributed by atoms with Crippen molar-refractivity contribution in [3.63, 3.8) is 0 Å². The molecule has 0 atom stereocenters. The molecule has 1 aromatic carbocycles. The van der Waals surface area contributed by atoms with Gasteiger partial charge >= 0.3 is 5.69 Å². The summed E-state index contributed by atoms with van der Waals surface area (Å²) in [6.07, 6.45) is 1.87. The van der Waals surface area contributed by atoms with E-state index in [0.29, 0.717) is 23.3 Å². The minimum atomic E-state index is -0.362. The minimum Gasteiger partial charge on any atom is -0.368 e. The number of nitrogens with zero attached hydrogens (tertiary/aromatic N) is 6. The third kappa shape index (κ3) is 4.17. The summed E-state index contributed by atoms with van der Waals surface area (Å²) in [5.41, 5.74) is 2.91. The van der Waals surface area contributed by atoms with E-state index in [1.165, 1.54) is 4.57 Å². The van der Waals surface area contributed by atoms with Gasteiger partial charge in [0.05, 0.1) is 22.8 Å². The normalized spacial score (nSPS) is 14.8. The number of piperazine rings is 1. The molecule has 10 nitrogen and oxygen atoms in total. The topological polar surface area (TPSA) is 116 Å². The van der Waals surface area contributed by atoms with Crippen molar-refractivity contribution < 1.29 is 0 Å². The van der Waals surface area contributed by atoms with Gasteiger partial charge in [0.25, 0.3) is 5.56 Å². The molecule has 0 radical (unpaired) electrons. The van der Waals surface area contributed by atoms with E-state index in [4.69, 9.17) is 0 Å². The molecule has 10 heteroatoms. The van der Waals surface area contributed by atoms with Gasteiger partial charge in [0.15, 0.2) is 5.82 Å². The molecule has 1 saturated heterocycles.